The molecule has 0 fully saturated rings. The minimum atomic E-state index is -1.05. The SMILES string of the molecule is CC(C)(C(=O)NCc1ccc(Cl)cc1)C(N)=NO. The molecule has 98 valence electrons. The quantitative estimate of drug-likeness (QED) is 0.337. The number of carbonyl (C=O) groups excluding carboxylic acids is 1. The molecule has 0 radical (unpaired) electrons. The average molecular weight is 270 g/mol. The van der Waals surface area contributed by atoms with Gasteiger partial charge in [0.15, 0.2) is 5.84 Å². The van der Waals surface area contributed by atoms with Crippen molar-refractivity contribution in [1.82, 2.24) is 5.32 Å². The first-order valence-electron chi connectivity index (χ1n) is 5.38. The summed E-state index contributed by atoms with van der Waals surface area (Å²) in [6, 6.07) is 7.13. The summed E-state index contributed by atoms with van der Waals surface area (Å²) in [5.74, 6) is -0.441. The summed E-state index contributed by atoms with van der Waals surface area (Å²) < 4.78 is 0. The molecule has 18 heavy (non-hydrogen) atoms. The molecule has 0 atom stereocenters. The molecule has 1 aromatic carbocycles. The molecule has 0 aliphatic rings. The molecule has 5 nitrogen and oxygen atoms in total. The van der Waals surface area contributed by atoms with E-state index < -0.39 is 5.41 Å². The minimum absolute atomic E-state index is 0.129. The summed E-state index contributed by atoms with van der Waals surface area (Å²) >= 11 is 5.76. The van der Waals surface area contributed by atoms with Crippen molar-refractivity contribution < 1.29 is 10.0 Å². The number of nitrogens with one attached hydrogen (secondary N) is 1. The number of amidine groups is 1. The summed E-state index contributed by atoms with van der Waals surface area (Å²) in [6.45, 7) is 3.52. The van der Waals surface area contributed by atoms with Crippen LogP contribution < -0.4 is 11.1 Å². The standard InChI is InChI=1S/C12H16ClN3O2/c1-12(2,10(14)16-18)11(17)15-7-8-3-5-9(13)6-4-8/h3-6,18H,7H2,1-2H3,(H2,14,16)(H,15,17). The highest BCUT2D eigenvalue weighted by Crippen LogP contribution is 2.16. The highest BCUT2D eigenvalue weighted by Gasteiger charge is 2.32. The van der Waals surface area contributed by atoms with Gasteiger partial charge in [-0.05, 0) is 31.5 Å². The highest BCUT2D eigenvalue weighted by atomic mass is 35.5. The molecule has 0 aliphatic heterocycles. The van der Waals surface area contributed by atoms with E-state index in [2.05, 4.69) is 10.5 Å². The van der Waals surface area contributed by atoms with Crippen LogP contribution in [0.1, 0.15) is 19.4 Å². The molecule has 0 aliphatic carbocycles. The molecule has 0 bridgehead atoms. The van der Waals surface area contributed by atoms with Crippen molar-refractivity contribution in [3.8, 4) is 0 Å². The second-order valence-corrected chi connectivity index (χ2v) is 4.86. The Morgan fingerprint density at radius 2 is 2.00 bits per heavy atom. The lowest BCUT2D eigenvalue weighted by molar-refractivity contribution is -0.126. The van der Waals surface area contributed by atoms with Crippen molar-refractivity contribution in [3.05, 3.63) is 34.9 Å². The van der Waals surface area contributed by atoms with Crippen molar-refractivity contribution in [2.24, 2.45) is 16.3 Å². The van der Waals surface area contributed by atoms with Gasteiger partial charge in [-0.1, -0.05) is 28.9 Å². The lowest BCUT2D eigenvalue weighted by Gasteiger charge is -2.21. The molecular weight excluding hydrogens is 254 g/mol. The highest BCUT2D eigenvalue weighted by molar-refractivity contribution is 6.30. The van der Waals surface area contributed by atoms with Crippen molar-refractivity contribution in [2.45, 2.75) is 20.4 Å². The molecule has 4 N–H and O–H groups in total. The lowest BCUT2D eigenvalue weighted by atomic mass is 9.91. The van der Waals surface area contributed by atoms with Crippen LogP contribution in [0.15, 0.2) is 29.4 Å². The summed E-state index contributed by atoms with van der Waals surface area (Å²) in [6.07, 6.45) is 0. The molecule has 0 unspecified atom stereocenters. The number of halogens is 1. The molecule has 1 aromatic rings. The predicted octanol–water partition coefficient (Wildman–Crippen LogP) is 1.73. The first kappa shape index (κ1) is 14.3. The van der Waals surface area contributed by atoms with E-state index in [4.69, 9.17) is 22.5 Å². The Balaban J connectivity index is 2.64. The Hall–Kier alpha value is -1.75. The van der Waals surface area contributed by atoms with Gasteiger partial charge in [0.2, 0.25) is 5.91 Å². The number of nitrogens with zero attached hydrogens (tertiary/aromatic N) is 1. The van der Waals surface area contributed by atoms with E-state index >= 15 is 0 Å². The molecule has 0 heterocycles. The second kappa shape index (κ2) is 5.73. The van der Waals surface area contributed by atoms with E-state index in [1.54, 1.807) is 26.0 Å². The lowest BCUT2D eigenvalue weighted by Crippen LogP contribution is -2.45. The monoisotopic (exact) mass is 269 g/mol. The Morgan fingerprint density at radius 1 is 1.44 bits per heavy atom. The van der Waals surface area contributed by atoms with E-state index in [0.29, 0.717) is 11.6 Å². The van der Waals surface area contributed by atoms with Crippen LogP contribution in [0.2, 0.25) is 5.02 Å². The third-order valence-electron chi connectivity index (χ3n) is 2.68. The topological polar surface area (TPSA) is 87.7 Å². The Labute approximate surface area is 111 Å². The molecule has 1 amide bonds. The summed E-state index contributed by atoms with van der Waals surface area (Å²) in [4.78, 5) is 11.9. The van der Waals surface area contributed by atoms with Crippen LogP contribution in [0.3, 0.4) is 0 Å². The zero-order valence-electron chi connectivity index (χ0n) is 10.3. The van der Waals surface area contributed by atoms with Gasteiger partial charge in [0.25, 0.3) is 0 Å². The van der Waals surface area contributed by atoms with Crippen LogP contribution in [-0.4, -0.2) is 17.0 Å². The number of rotatable bonds is 4. The smallest absolute Gasteiger partial charge is 0.233 e. The van der Waals surface area contributed by atoms with Gasteiger partial charge < -0.3 is 16.3 Å². The fourth-order valence-electron chi connectivity index (χ4n) is 1.25. The van der Waals surface area contributed by atoms with Gasteiger partial charge in [0.1, 0.15) is 5.41 Å². The zero-order valence-corrected chi connectivity index (χ0v) is 11.0. The van der Waals surface area contributed by atoms with Crippen LogP contribution in [0.4, 0.5) is 0 Å². The zero-order chi connectivity index (χ0) is 13.8. The van der Waals surface area contributed by atoms with E-state index in [-0.39, 0.29) is 11.7 Å². The van der Waals surface area contributed by atoms with Crippen molar-refractivity contribution in [3.63, 3.8) is 0 Å². The largest absolute Gasteiger partial charge is 0.409 e. The van der Waals surface area contributed by atoms with Gasteiger partial charge in [0.05, 0.1) is 0 Å². The van der Waals surface area contributed by atoms with Crippen LogP contribution in [0.5, 0.6) is 0 Å². The maximum absolute atomic E-state index is 11.9. The fourth-order valence-corrected chi connectivity index (χ4v) is 1.37. The number of oxime groups is 1. The summed E-state index contributed by atoms with van der Waals surface area (Å²) in [5, 5.41) is 14.8. The van der Waals surface area contributed by atoms with E-state index in [0.717, 1.165) is 5.56 Å². The number of hydrogen-bond acceptors (Lipinski definition) is 3. The molecule has 0 spiro atoms. The van der Waals surface area contributed by atoms with Crippen molar-refractivity contribution >= 4 is 23.3 Å². The summed E-state index contributed by atoms with van der Waals surface area (Å²) in [7, 11) is 0. The average Bonchev–Trinajstić information content (AvgIpc) is 2.36. The third kappa shape index (κ3) is 3.37. The van der Waals surface area contributed by atoms with Crippen LogP contribution in [0.25, 0.3) is 0 Å². The third-order valence-corrected chi connectivity index (χ3v) is 2.93. The normalized spacial score (nSPS) is 12.3. The van der Waals surface area contributed by atoms with Crippen molar-refractivity contribution in [1.29, 1.82) is 0 Å². The Kier molecular flexibility index (Phi) is 4.55. The van der Waals surface area contributed by atoms with Crippen LogP contribution in [0, 0.1) is 5.41 Å². The summed E-state index contributed by atoms with van der Waals surface area (Å²) in [5.41, 5.74) is 5.33. The Morgan fingerprint density at radius 3 is 2.50 bits per heavy atom. The number of hydrogen-bond donors (Lipinski definition) is 3. The van der Waals surface area contributed by atoms with Gasteiger partial charge in [-0.25, -0.2) is 0 Å². The first-order valence-corrected chi connectivity index (χ1v) is 5.76. The first-order chi connectivity index (χ1) is 8.37. The van der Waals surface area contributed by atoms with Gasteiger partial charge in [-0.3, -0.25) is 4.79 Å². The minimum Gasteiger partial charge on any atom is -0.409 e. The predicted molar refractivity (Wildman–Crippen MR) is 70.5 cm³/mol. The number of carbonyl (C=O) groups is 1. The van der Waals surface area contributed by atoms with E-state index in [1.165, 1.54) is 0 Å². The molecule has 0 aromatic heterocycles. The van der Waals surface area contributed by atoms with Crippen molar-refractivity contribution in [2.75, 3.05) is 0 Å². The number of benzene rings is 1. The number of nitrogens with two attached hydrogens (primary N) is 1. The van der Waals surface area contributed by atoms with E-state index in [1.807, 2.05) is 12.1 Å². The molecule has 1 rings (SSSR count). The molecule has 6 heteroatoms. The van der Waals surface area contributed by atoms with Gasteiger partial charge in [-0.2, -0.15) is 0 Å². The molecular formula is C12H16ClN3O2. The maximum Gasteiger partial charge on any atom is 0.233 e. The molecule has 0 saturated carbocycles. The van der Waals surface area contributed by atoms with Crippen LogP contribution >= 0.6 is 11.6 Å². The van der Waals surface area contributed by atoms with Gasteiger partial charge >= 0.3 is 0 Å². The second-order valence-electron chi connectivity index (χ2n) is 4.42. The fraction of sp³-hybridized carbons (Fsp3) is 0.333. The Bertz CT molecular complexity index is 455. The molecule has 0 saturated heterocycles. The van der Waals surface area contributed by atoms with Crippen LogP contribution in [-0.2, 0) is 11.3 Å². The number of amides is 1. The van der Waals surface area contributed by atoms with E-state index in [9.17, 15) is 4.79 Å². The maximum atomic E-state index is 11.9. The van der Waals surface area contributed by atoms with Gasteiger partial charge in [-0.15, -0.1) is 0 Å². The van der Waals surface area contributed by atoms with Gasteiger partial charge in [0, 0.05) is 11.6 Å².